The Balaban J connectivity index is 1.49. The molecule has 0 radical (unpaired) electrons. The van der Waals surface area contributed by atoms with Gasteiger partial charge < -0.3 is 9.80 Å². The second kappa shape index (κ2) is 6.75. The number of piperidine rings is 1. The molecular weight excluding hydrogens is 326 g/mol. The zero-order chi connectivity index (χ0) is 18.1. The van der Waals surface area contributed by atoms with Gasteiger partial charge in [0.15, 0.2) is 0 Å². The average Bonchev–Trinajstić information content (AvgIpc) is 3.06. The van der Waals surface area contributed by atoms with Crippen LogP contribution in [0.3, 0.4) is 0 Å². The lowest BCUT2D eigenvalue weighted by atomic mass is 9.77. The predicted molar refractivity (Wildman–Crippen MR) is 97.3 cm³/mol. The number of carbonyl (C=O) groups is 2. The van der Waals surface area contributed by atoms with Crippen LogP contribution in [0.25, 0.3) is 0 Å². The van der Waals surface area contributed by atoms with Crippen LogP contribution in [0.15, 0.2) is 24.3 Å². The van der Waals surface area contributed by atoms with Gasteiger partial charge in [-0.15, -0.1) is 0 Å². The van der Waals surface area contributed by atoms with E-state index in [2.05, 4.69) is 11.0 Å². The first-order valence-electron chi connectivity index (χ1n) is 9.71. The van der Waals surface area contributed by atoms with Crippen molar-refractivity contribution in [1.82, 2.24) is 9.80 Å². The van der Waals surface area contributed by atoms with Gasteiger partial charge in [-0.05, 0) is 50.2 Å². The first-order valence-corrected chi connectivity index (χ1v) is 9.71. The molecule has 136 valence electrons. The molecule has 1 spiro atoms. The Kier molecular flexibility index (Phi) is 4.44. The van der Waals surface area contributed by atoms with Gasteiger partial charge in [0.1, 0.15) is 0 Å². The minimum absolute atomic E-state index is 0.122. The molecule has 2 saturated heterocycles. The minimum atomic E-state index is -0.404. The fourth-order valence-corrected chi connectivity index (χ4v) is 4.68. The third-order valence-corrected chi connectivity index (χ3v) is 6.45. The molecule has 5 nitrogen and oxygen atoms in total. The highest BCUT2D eigenvalue weighted by molar-refractivity contribution is 5.97. The highest BCUT2D eigenvalue weighted by atomic mass is 16.2. The van der Waals surface area contributed by atoms with Crippen molar-refractivity contribution in [2.45, 2.75) is 38.5 Å². The number of hydrogen-bond acceptors (Lipinski definition) is 3. The molecule has 4 rings (SSSR count). The van der Waals surface area contributed by atoms with E-state index in [9.17, 15) is 14.9 Å². The van der Waals surface area contributed by atoms with Crippen LogP contribution in [-0.4, -0.2) is 47.8 Å². The molecule has 2 amide bonds. The lowest BCUT2D eigenvalue weighted by Gasteiger charge is -2.42. The summed E-state index contributed by atoms with van der Waals surface area (Å²) in [6.07, 6.45) is 6.41. The minimum Gasteiger partial charge on any atom is -0.342 e. The molecular formula is C21H25N3O2. The van der Waals surface area contributed by atoms with Crippen molar-refractivity contribution < 1.29 is 9.59 Å². The Bertz CT molecular complexity index is 765. The summed E-state index contributed by atoms with van der Waals surface area (Å²) in [4.78, 5) is 30.0. The van der Waals surface area contributed by atoms with Crippen LogP contribution in [0, 0.1) is 22.7 Å². The van der Waals surface area contributed by atoms with Crippen LogP contribution >= 0.6 is 0 Å². The van der Waals surface area contributed by atoms with Gasteiger partial charge in [0.05, 0.1) is 22.6 Å². The van der Waals surface area contributed by atoms with Crippen molar-refractivity contribution in [3.63, 3.8) is 0 Å². The summed E-state index contributed by atoms with van der Waals surface area (Å²) in [6.45, 7) is 2.85. The monoisotopic (exact) mass is 351 g/mol. The molecule has 1 aromatic carbocycles. The molecule has 3 fully saturated rings. The third-order valence-electron chi connectivity index (χ3n) is 6.45. The van der Waals surface area contributed by atoms with E-state index in [1.54, 1.807) is 29.2 Å². The van der Waals surface area contributed by atoms with Crippen molar-refractivity contribution in [2.75, 3.05) is 26.2 Å². The van der Waals surface area contributed by atoms with Crippen molar-refractivity contribution in [3.05, 3.63) is 35.4 Å². The molecule has 2 heterocycles. The Morgan fingerprint density at radius 1 is 1.19 bits per heavy atom. The highest BCUT2D eigenvalue weighted by Crippen LogP contribution is 2.41. The standard InChI is InChI=1S/C21H25N3O2/c22-13-17-7-1-2-8-18(17)19(25)24-12-10-21(15-24)9-4-11-23(20(21)26)14-16-5-3-6-16/h1-2,7-8,16H,3-6,9-12,14-15H2. The summed E-state index contributed by atoms with van der Waals surface area (Å²) >= 11 is 0. The summed E-state index contributed by atoms with van der Waals surface area (Å²) in [5, 5.41) is 9.26. The maximum atomic E-state index is 13.2. The second-order valence-corrected chi connectivity index (χ2v) is 8.07. The van der Waals surface area contributed by atoms with E-state index in [1.165, 1.54) is 19.3 Å². The van der Waals surface area contributed by atoms with E-state index in [0.717, 1.165) is 32.4 Å². The number of rotatable bonds is 3. The maximum absolute atomic E-state index is 13.2. The van der Waals surface area contributed by atoms with Crippen LogP contribution in [0.1, 0.15) is 54.4 Å². The predicted octanol–water partition coefficient (Wildman–Crippen LogP) is 2.81. The Morgan fingerprint density at radius 2 is 2.00 bits per heavy atom. The zero-order valence-corrected chi connectivity index (χ0v) is 15.1. The normalized spacial score (nSPS) is 26.0. The lowest BCUT2D eigenvalue weighted by molar-refractivity contribution is -0.146. The molecule has 1 saturated carbocycles. The number of hydrogen-bond donors (Lipinski definition) is 0. The number of carbonyl (C=O) groups excluding carboxylic acids is 2. The smallest absolute Gasteiger partial charge is 0.255 e. The zero-order valence-electron chi connectivity index (χ0n) is 15.1. The van der Waals surface area contributed by atoms with Crippen LogP contribution in [0.5, 0.6) is 0 Å². The van der Waals surface area contributed by atoms with Gasteiger partial charge >= 0.3 is 0 Å². The molecule has 1 unspecified atom stereocenters. The molecule has 3 aliphatic rings. The Morgan fingerprint density at radius 3 is 2.73 bits per heavy atom. The number of benzene rings is 1. The average molecular weight is 351 g/mol. The number of amides is 2. The quantitative estimate of drug-likeness (QED) is 0.841. The first-order chi connectivity index (χ1) is 12.6. The van der Waals surface area contributed by atoms with E-state index in [4.69, 9.17) is 0 Å². The van der Waals surface area contributed by atoms with Crippen LogP contribution in [0.4, 0.5) is 0 Å². The fraction of sp³-hybridized carbons (Fsp3) is 0.571. The second-order valence-electron chi connectivity index (χ2n) is 8.07. The van der Waals surface area contributed by atoms with Gasteiger partial charge in [-0.1, -0.05) is 18.6 Å². The largest absolute Gasteiger partial charge is 0.342 e. The highest BCUT2D eigenvalue weighted by Gasteiger charge is 2.49. The Hall–Kier alpha value is -2.35. The number of nitriles is 1. The van der Waals surface area contributed by atoms with Crippen LogP contribution < -0.4 is 0 Å². The SMILES string of the molecule is N#Cc1ccccc1C(=O)N1CCC2(CCCN(CC3CCC3)C2=O)C1. The van der Waals surface area contributed by atoms with Crippen molar-refractivity contribution in [3.8, 4) is 6.07 Å². The molecule has 0 aromatic heterocycles. The molecule has 1 atom stereocenters. The molecule has 1 aromatic rings. The lowest BCUT2D eigenvalue weighted by Crippen LogP contribution is -2.52. The molecule has 0 bridgehead atoms. The summed E-state index contributed by atoms with van der Waals surface area (Å²) in [5.41, 5.74) is 0.445. The van der Waals surface area contributed by atoms with Crippen molar-refractivity contribution in [2.24, 2.45) is 11.3 Å². The van der Waals surface area contributed by atoms with Gasteiger partial charge in [-0.25, -0.2) is 0 Å². The molecule has 2 aliphatic heterocycles. The Labute approximate surface area is 154 Å². The summed E-state index contributed by atoms with van der Waals surface area (Å²) < 4.78 is 0. The van der Waals surface area contributed by atoms with E-state index in [1.807, 2.05) is 0 Å². The summed E-state index contributed by atoms with van der Waals surface area (Å²) in [5.74, 6) is 0.804. The van der Waals surface area contributed by atoms with E-state index >= 15 is 0 Å². The van der Waals surface area contributed by atoms with Crippen molar-refractivity contribution >= 4 is 11.8 Å². The molecule has 26 heavy (non-hydrogen) atoms. The third kappa shape index (κ3) is 2.88. The van der Waals surface area contributed by atoms with Crippen molar-refractivity contribution in [1.29, 1.82) is 5.26 Å². The first kappa shape index (κ1) is 17.1. The van der Waals surface area contributed by atoms with Crippen LogP contribution in [0.2, 0.25) is 0 Å². The van der Waals surface area contributed by atoms with Gasteiger partial charge in [-0.2, -0.15) is 5.26 Å². The van der Waals surface area contributed by atoms with Gasteiger partial charge in [0.2, 0.25) is 5.91 Å². The van der Waals surface area contributed by atoms with E-state index in [-0.39, 0.29) is 11.8 Å². The maximum Gasteiger partial charge on any atom is 0.255 e. The van der Waals surface area contributed by atoms with Gasteiger partial charge in [0, 0.05) is 26.2 Å². The summed E-state index contributed by atoms with van der Waals surface area (Å²) in [6, 6.07) is 9.03. The topological polar surface area (TPSA) is 64.4 Å². The number of nitrogens with zero attached hydrogens (tertiary/aromatic N) is 3. The molecule has 0 N–H and O–H groups in total. The number of likely N-dealkylation sites (tertiary alicyclic amines) is 2. The molecule has 5 heteroatoms. The molecule has 1 aliphatic carbocycles. The van der Waals surface area contributed by atoms with Gasteiger partial charge in [-0.3, -0.25) is 9.59 Å². The summed E-state index contributed by atoms with van der Waals surface area (Å²) in [7, 11) is 0. The van der Waals surface area contributed by atoms with E-state index in [0.29, 0.717) is 30.1 Å². The van der Waals surface area contributed by atoms with Crippen LogP contribution in [-0.2, 0) is 4.79 Å². The van der Waals surface area contributed by atoms with Gasteiger partial charge in [0.25, 0.3) is 5.91 Å². The fourth-order valence-electron chi connectivity index (χ4n) is 4.68. The van der Waals surface area contributed by atoms with E-state index < -0.39 is 5.41 Å².